The summed E-state index contributed by atoms with van der Waals surface area (Å²) in [5, 5.41) is 11.0. The summed E-state index contributed by atoms with van der Waals surface area (Å²) >= 11 is 1.69. The number of carbonyl (C=O) groups is 1. The SMILES string of the molecule is CSN1C(C)(C)CC(C(=O)[O-])CC1(C)C. The third-order valence-corrected chi connectivity index (χ3v) is 4.46. The van der Waals surface area contributed by atoms with Crippen LogP contribution in [0.25, 0.3) is 0 Å². The van der Waals surface area contributed by atoms with Crippen LogP contribution < -0.4 is 5.11 Å². The first-order valence-electron chi connectivity index (χ1n) is 5.26. The van der Waals surface area contributed by atoms with Crippen LogP contribution in [-0.2, 0) is 4.79 Å². The predicted octanol–water partition coefficient (Wildman–Crippen LogP) is 1.28. The maximum atomic E-state index is 11.0. The molecule has 1 heterocycles. The third-order valence-electron chi connectivity index (χ3n) is 3.11. The molecule has 0 aromatic rings. The first-order valence-corrected chi connectivity index (χ1v) is 6.44. The number of carboxylic acids is 1. The van der Waals surface area contributed by atoms with Crippen LogP contribution in [0.2, 0.25) is 0 Å². The van der Waals surface area contributed by atoms with Crippen molar-refractivity contribution in [1.82, 2.24) is 4.31 Å². The van der Waals surface area contributed by atoms with E-state index in [-0.39, 0.29) is 17.0 Å². The summed E-state index contributed by atoms with van der Waals surface area (Å²) < 4.78 is 2.30. The quantitative estimate of drug-likeness (QED) is 0.670. The Bertz CT molecular complexity index is 245. The van der Waals surface area contributed by atoms with Gasteiger partial charge < -0.3 is 9.90 Å². The molecular weight excluding hydrogens is 210 g/mol. The maximum Gasteiger partial charge on any atom is 0.0446 e. The van der Waals surface area contributed by atoms with Gasteiger partial charge in [0.2, 0.25) is 0 Å². The molecule has 0 bridgehead atoms. The minimum Gasteiger partial charge on any atom is -0.550 e. The molecular formula is C11H20NO2S-. The molecule has 0 saturated carbocycles. The van der Waals surface area contributed by atoms with Gasteiger partial charge in [-0.2, -0.15) is 0 Å². The zero-order valence-corrected chi connectivity index (χ0v) is 11.0. The zero-order chi connectivity index (χ0) is 11.9. The van der Waals surface area contributed by atoms with Crippen LogP contribution in [0.1, 0.15) is 40.5 Å². The number of aliphatic carboxylic acids is 1. The van der Waals surface area contributed by atoms with Gasteiger partial charge >= 0.3 is 0 Å². The summed E-state index contributed by atoms with van der Waals surface area (Å²) in [7, 11) is 0. The van der Waals surface area contributed by atoms with Crippen LogP contribution in [0.3, 0.4) is 0 Å². The normalized spacial score (nSPS) is 26.5. The first kappa shape index (κ1) is 12.8. The summed E-state index contributed by atoms with van der Waals surface area (Å²) in [4.78, 5) is 11.0. The summed E-state index contributed by atoms with van der Waals surface area (Å²) in [6, 6.07) is 0. The second-order valence-corrected chi connectivity index (χ2v) is 6.26. The van der Waals surface area contributed by atoms with Gasteiger partial charge in [-0.15, -0.1) is 0 Å². The zero-order valence-electron chi connectivity index (χ0n) is 10.2. The summed E-state index contributed by atoms with van der Waals surface area (Å²) in [6.07, 6.45) is 3.38. The smallest absolute Gasteiger partial charge is 0.0446 e. The van der Waals surface area contributed by atoms with Crippen molar-refractivity contribution in [2.75, 3.05) is 6.26 Å². The highest BCUT2D eigenvalue weighted by Gasteiger charge is 2.45. The Labute approximate surface area is 96.4 Å². The van der Waals surface area contributed by atoms with Crippen molar-refractivity contribution in [2.45, 2.75) is 51.6 Å². The van der Waals surface area contributed by atoms with Crippen molar-refractivity contribution in [3.05, 3.63) is 0 Å². The van der Waals surface area contributed by atoms with Crippen LogP contribution in [-0.4, -0.2) is 27.6 Å². The standard InChI is InChI=1S/C11H21NO2S/c1-10(2)6-8(9(13)14)7-11(3,4)12(10)15-5/h8H,6-7H2,1-5H3,(H,13,14)/p-1. The van der Waals surface area contributed by atoms with Crippen LogP contribution in [0, 0.1) is 5.92 Å². The van der Waals surface area contributed by atoms with Crippen molar-refractivity contribution in [3.63, 3.8) is 0 Å². The minimum atomic E-state index is -0.906. The fourth-order valence-electron chi connectivity index (χ4n) is 2.92. The van der Waals surface area contributed by atoms with Gasteiger partial charge in [0, 0.05) is 23.0 Å². The Kier molecular flexibility index (Phi) is 3.41. The molecule has 0 N–H and O–H groups in total. The molecule has 1 aliphatic rings. The fourth-order valence-corrected chi connectivity index (χ4v) is 4.06. The van der Waals surface area contributed by atoms with E-state index in [1.807, 2.05) is 6.26 Å². The third kappa shape index (κ3) is 2.48. The Morgan fingerprint density at radius 2 is 1.67 bits per heavy atom. The topological polar surface area (TPSA) is 43.4 Å². The largest absolute Gasteiger partial charge is 0.550 e. The lowest BCUT2D eigenvalue weighted by Crippen LogP contribution is -2.59. The average molecular weight is 230 g/mol. The molecule has 0 unspecified atom stereocenters. The Morgan fingerprint density at radius 1 is 1.27 bits per heavy atom. The Hall–Kier alpha value is -0.220. The highest BCUT2D eigenvalue weighted by atomic mass is 32.2. The first-order chi connectivity index (χ1) is 6.70. The molecule has 0 amide bonds. The average Bonchev–Trinajstić information content (AvgIpc) is 1.99. The van der Waals surface area contributed by atoms with Gasteiger partial charge in [0.1, 0.15) is 0 Å². The lowest BCUT2D eigenvalue weighted by atomic mass is 9.76. The van der Waals surface area contributed by atoms with E-state index in [2.05, 4.69) is 32.0 Å². The van der Waals surface area contributed by atoms with Gasteiger partial charge in [0.05, 0.1) is 0 Å². The van der Waals surface area contributed by atoms with Crippen molar-refractivity contribution < 1.29 is 9.90 Å². The molecule has 15 heavy (non-hydrogen) atoms. The van der Waals surface area contributed by atoms with Crippen molar-refractivity contribution in [3.8, 4) is 0 Å². The van der Waals surface area contributed by atoms with Gasteiger partial charge in [-0.3, -0.25) is 0 Å². The molecule has 4 heteroatoms. The van der Waals surface area contributed by atoms with E-state index in [0.717, 1.165) is 0 Å². The molecule has 0 radical (unpaired) electrons. The lowest BCUT2D eigenvalue weighted by Gasteiger charge is -2.54. The number of piperidine rings is 1. The Balaban J connectivity index is 2.95. The molecule has 1 rings (SSSR count). The van der Waals surface area contributed by atoms with Gasteiger partial charge in [-0.1, -0.05) is 11.9 Å². The van der Waals surface area contributed by atoms with Crippen molar-refractivity contribution >= 4 is 17.9 Å². The van der Waals surface area contributed by atoms with Crippen LogP contribution >= 0.6 is 11.9 Å². The molecule has 0 aliphatic carbocycles. The Morgan fingerprint density at radius 3 is 1.93 bits per heavy atom. The molecule has 0 atom stereocenters. The number of nitrogens with zero attached hydrogens (tertiary/aromatic N) is 1. The van der Waals surface area contributed by atoms with E-state index < -0.39 is 5.97 Å². The fraction of sp³-hybridized carbons (Fsp3) is 0.909. The minimum absolute atomic E-state index is 0.0914. The number of carbonyl (C=O) groups excluding carboxylic acids is 1. The summed E-state index contributed by atoms with van der Waals surface area (Å²) in [5.41, 5.74) is -0.183. The number of hydrogen-bond donors (Lipinski definition) is 0. The number of hydrogen-bond acceptors (Lipinski definition) is 4. The lowest BCUT2D eigenvalue weighted by molar-refractivity contribution is -0.314. The predicted molar refractivity (Wildman–Crippen MR) is 61.2 cm³/mol. The summed E-state index contributed by atoms with van der Waals surface area (Å²) in [6.45, 7) is 8.39. The molecule has 1 saturated heterocycles. The second kappa shape index (κ2) is 3.98. The van der Waals surface area contributed by atoms with Crippen LogP contribution in [0.15, 0.2) is 0 Å². The highest BCUT2D eigenvalue weighted by molar-refractivity contribution is 7.96. The maximum absolute atomic E-state index is 11.0. The summed E-state index contributed by atoms with van der Waals surface area (Å²) in [5.74, 6) is -1.23. The van der Waals surface area contributed by atoms with E-state index >= 15 is 0 Å². The molecule has 0 aromatic carbocycles. The molecule has 1 aliphatic heterocycles. The monoisotopic (exact) mass is 230 g/mol. The highest BCUT2D eigenvalue weighted by Crippen LogP contribution is 2.44. The molecule has 88 valence electrons. The van der Waals surface area contributed by atoms with E-state index in [1.54, 1.807) is 11.9 Å². The van der Waals surface area contributed by atoms with E-state index in [0.29, 0.717) is 12.8 Å². The molecule has 1 fully saturated rings. The second-order valence-electron chi connectivity index (χ2n) is 5.53. The van der Waals surface area contributed by atoms with Gasteiger partial charge in [-0.25, -0.2) is 4.31 Å². The molecule has 3 nitrogen and oxygen atoms in total. The van der Waals surface area contributed by atoms with Crippen LogP contribution in [0.5, 0.6) is 0 Å². The van der Waals surface area contributed by atoms with Gasteiger partial charge in [-0.05, 0) is 46.8 Å². The number of carboxylic acid groups (broad SMARTS) is 1. The number of rotatable bonds is 2. The molecule has 0 aromatic heterocycles. The van der Waals surface area contributed by atoms with Gasteiger partial charge in [0.15, 0.2) is 0 Å². The van der Waals surface area contributed by atoms with E-state index in [1.165, 1.54) is 0 Å². The van der Waals surface area contributed by atoms with E-state index in [9.17, 15) is 9.90 Å². The van der Waals surface area contributed by atoms with Gasteiger partial charge in [0.25, 0.3) is 0 Å². The van der Waals surface area contributed by atoms with Crippen molar-refractivity contribution in [2.24, 2.45) is 5.92 Å². The van der Waals surface area contributed by atoms with E-state index in [4.69, 9.17) is 0 Å². The van der Waals surface area contributed by atoms with Crippen LogP contribution in [0.4, 0.5) is 0 Å². The molecule has 0 spiro atoms. The van der Waals surface area contributed by atoms with Crippen molar-refractivity contribution in [1.29, 1.82) is 0 Å².